The molecule has 0 bridgehead atoms. The number of hydrogen-bond acceptors (Lipinski definition) is 0. The first-order valence-corrected chi connectivity index (χ1v) is 7.28. The summed E-state index contributed by atoms with van der Waals surface area (Å²) in [7, 11) is 0. The average molecular weight is 266 g/mol. The molecule has 0 N–H and O–H groups in total. The highest BCUT2D eigenvalue weighted by Crippen LogP contribution is 2.20. The Morgan fingerprint density at radius 1 is 1.15 bits per heavy atom. The number of allylic oxidation sites excluding steroid dienone is 7. The van der Waals surface area contributed by atoms with Gasteiger partial charge in [0.1, 0.15) is 0 Å². The van der Waals surface area contributed by atoms with Gasteiger partial charge in [0, 0.05) is 0 Å². The highest BCUT2D eigenvalue weighted by Gasteiger charge is 2.00. The summed E-state index contributed by atoms with van der Waals surface area (Å²) in [4.78, 5) is 0. The van der Waals surface area contributed by atoms with Crippen LogP contribution in [0.15, 0.2) is 66.8 Å². The van der Waals surface area contributed by atoms with Crippen LogP contribution in [0.25, 0.3) is 5.57 Å². The maximum absolute atomic E-state index is 4.06. The van der Waals surface area contributed by atoms with Crippen LogP contribution in [0.4, 0.5) is 0 Å². The van der Waals surface area contributed by atoms with E-state index in [1.165, 1.54) is 16.7 Å². The predicted octanol–water partition coefficient (Wildman–Crippen LogP) is 6.29. The Morgan fingerprint density at radius 2 is 1.80 bits per heavy atom. The van der Waals surface area contributed by atoms with Gasteiger partial charge in [0.05, 0.1) is 0 Å². The molecule has 20 heavy (non-hydrogen) atoms. The summed E-state index contributed by atoms with van der Waals surface area (Å²) in [5.74, 6) is 0.588. The normalized spacial score (nSPS) is 12.8. The zero-order valence-electron chi connectivity index (χ0n) is 13.2. The zero-order valence-corrected chi connectivity index (χ0v) is 13.2. The van der Waals surface area contributed by atoms with Crippen molar-refractivity contribution in [2.75, 3.05) is 0 Å². The Kier molecular flexibility index (Phi) is 6.79. The van der Waals surface area contributed by atoms with Gasteiger partial charge in [-0.2, -0.15) is 0 Å². The summed E-state index contributed by atoms with van der Waals surface area (Å²) in [5.41, 5.74) is 5.11. The maximum Gasteiger partial charge on any atom is -0.00974 e. The molecule has 0 aromatic heterocycles. The van der Waals surface area contributed by atoms with E-state index >= 15 is 0 Å². The van der Waals surface area contributed by atoms with Crippen LogP contribution in [0.1, 0.15) is 51.2 Å². The largest absolute Gasteiger partial charge is 0.0955 e. The monoisotopic (exact) mass is 266 g/mol. The lowest BCUT2D eigenvalue weighted by molar-refractivity contribution is 0.866. The lowest BCUT2D eigenvalue weighted by atomic mass is 9.98. The molecular weight excluding hydrogens is 240 g/mol. The van der Waals surface area contributed by atoms with Crippen molar-refractivity contribution in [2.24, 2.45) is 0 Å². The molecule has 0 saturated carbocycles. The van der Waals surface area contributed by atoms with E-state index in [9.17, 15) is 0 Å². The molecule has 0 aliphatic carbocycles. The third kappa shape index (κ3) is 5.44. The Balaban J connectivity index is 2.67. The third-order valence-electron chi connectivity index (χ3n) is 3.34. The fourth-order valence-electron chi connectivity index (χ4n) is 1.90. The zero-order chi connectivity index (χ0) is 15.0. The first-order chi connectivity index (χ1) is 9.54. The minimum Gasteiger partial charge on any atom is -0.0955 e. The third-order valence-corrected chi connectivity index (χ3v) is 3.34. The lowest BCUT2D eigenvalue weighted by Gasteiger charge is -2.07. The van der Waals surface area contributed by atoms with E-state index in [1.54, 1.807) is 0 Å². The van der Waals surface area contributed by atoms with E-state index in [1.807, 2.05) is 25.2 Å². The molecule has 0 heterocycles. The predicted molar refractivity (Wildman–Crippen MR) is 91.9 cm³/mol. The summed E-state index contributed by atoms with van der Waals surface area (Å²) < 4.78 is 0. The van der Waals surface area contributed by atoms with Gasteiger partial charge in [-0.1, -0.05) is 80.6 Å². The topological polar surface area (TPSA) is 0 Å². The van der Waals surface area contributed by atoms with E-state index < -0.39 is 0 Å². The second-order valence-corrected chi connectivity index (χ2v) is 5.41. The smallest absolute Gasteiger partial charge is 0.00974 e. The van der Waals surface area contributed by atoms with E-state index in [0.29, 0.717) is 5.92 Å². The molecule has 0 atom stereocenters. The van der Waals surface area contributed by atoms with Crippen LogP contribution in [-0.2, 0) is 0 Å². The molecule has 1 aromatic rings. The van der Waals surface area contributed by atoms with Crippen LogP contribution in [0, 0.1) is 0 Å². The molecule has 0 spiro atoms. The van der Waals surface area contributed by atoms with Crippen molar-refractivity contribution < 1.29 is 0 Å². The van der Waals surface area contributed by atoms with Crippen molar-refractivity contribution in [3.05, 3.63) is 77.9 Å². The summed E-state index contributed by atoms with van der Waals surface area (Å²) in [5, 5.41) is 0. The molecule has 0 amide bonds. The minimum absolute atomic E-state index is 0.588. The molecule has 106 valence electrons. The molecule has 0 radical (unpaired) electrons. The van der Waals surface area contributed by atoms with Crippen molar-refractivity contribution in [3.63, 3.8) is 0 Å². The van der Waals surface area contributed by atoms with Gasteiger partial charge in [0.2, 0.25) is 0 Å². The van der Waals surface area contributed by atoms with Gasteiger partial charge in [0.15, 0.2) is 0 Å². The van der Waals surface area contributed by atoms with Gasteiger partial charge < -0.3 is 0 Å². The lowest BCUT2D eigenvalue weighted by Crippen LogP contribution is -1.88. The van der Waals surface area contributed by atoms with Crippen molar-refractivity contribution in [2.45, 2.75) is 40.0 Å². The van der Waals surface area contributed by atoms with Gasteiger partial charge in [0.25, 0.3) is 0 Å². The summed E-state index contributed by atoms with van der Waals surface area (Å²) in [6, 6.07) is 8.86. The highest BCUT2D eigenvalue weighted by atomic mass is 14.1. The van der Waals surface area contributed by atoms with Crippen LogP contribution in [0.2, 0.25) is 0 Å². The van der Waals surface area contributed by atoms with E-state index in [2.05, 4.69) is 63.8 Å². The second kappa shape index (κ2) is 8.37. The van der Waals surface area contributed by atoms with Gasteiger partial charge in [-0.25, -0.2) is 0 Å². The van der Waals surface area contributed by atoms with Crippen molar-refractivity contribution >= 4 is 5.57 Å². The molecule has 1 aromatic carbocycles. The molecule has 0 nitrogen and oxygen atoms in total. The molecule has 0 aliphatic rings. The van der Waals surface area contributed by atoms with Gasteiger partial charge in [-0.05, 0) is 42.9 Å². The SMILES string of the molecule is C=C(/C=C\C=C/C)C/C=C(\C)c1ccc(C(C)C)cc1. The highest BCUT2D eigenvalue weighted by molar-refractivity contribution is 5.64. The van der Waals surface area contributed by atoms with Crippen LogP contribution in [0.3, 0.4) is 0 Å². The molecular formula is C20H26. The molecule has 0 heteroatoms. The van der Waals surface area contributed by atoms with E-state index in [4.69, 9.17) is 0 Å². The van der Waals surface area contributed by atoms with Crippen molar-refractivity contribution in [1.29, 1.82) is 0 Å². The maximum atomic E-state index is 4.06. The average Bonchev–Trinajstić information content (AvgIpc) is 2.45. The number of rotatable bonds is 6. The van der Waals surface area contributed by atoms with Gasteiger partial charge in [-0.15, -0.1) is 0 Å². The number of benzene rings is 1. The van der Waals surface area contributed by atoms with E-state index in [0.717, 1.165) is 12.0 Å². The summed E-state index contributed by atoms with van der Waals surface area (Å²) >= 11 is 0. The van der Waals surface area contributed by atoms with Gasteiger partial charge >= 0.3 is 0 Å². The van der Waals surface area contributed by atoms with E-state index in [-0.39, 0.29) is 0 Å². The fraction of sp³-hybridized carbons (Fsp3) is 0.300. The molecule has 0 fully saturated rings. The van der Waals surface area contributed by atoms with Crippen molar-refractivity contribution in [3.8, 4) is 0 Å². The standard InChI is InChI=1S/C20H26/c1-6-7-8-9-17(4)10-11-18(5)20-14-12-19(13-15-20)16(2)3/h6-9,11-16H,4,10H2,1-3,5H3/b7-6-,9-8-,18-11+. The first kappa shape index (κ1) is 16.2. The van der Waals surface area contributed by atoms with Crippen molar-refractivity contribution in [1.82, 2.24) is 0 Å². The molecule has 1 rings (SSSR count). The first-order valence-electron chi connectivity index (χ1n) is 7.28. The number of hydrogen-bond donors (Lipinski definition) is 0. The Labute approximate surface area is 124 Å². The van der Waals surface area contributed by atoms with Crippen LogP contribution < -0.4 is 0 Å². The Hall–Kier alpha value is -1.82. The molecule has 0 saturated heterocycles. The van der Waals surface area contributed by atoms with Crippen LogP contribution in [-0.4, -0.2) is 0 Å². The summed E-state index contributed by atoms with van der Waals surface area (Å²) in [6.07, 6.45) is 11.3. The van der Waals surface area contributed by atoms with Crippen LogP contribution in [0.5, 0.6) is 0 Å². The summed E-state index contributed by atoms with van der Waals surface area (Å²) in [6.45, 7) is 12.7. The molecule has 0 aliphatic heterocycles. The van der Waals surface area contributed by atoms with Crippen LogP contribution >= 0.6 is 0 Å². The Bertz CT molecular complexity index is 507. The second-order valence-electron chi connectivity index (χ2n) is 5.41. The van der Waals surface area contributed by atoms with Gasteiger partial charge in [-0.3, -0.25) is 0 Å². The fourth-order valence-corrected chi connectivity index (χ4v) is 1.90. The minimum atomic E-state index is 0.588. The quantitative estimate of drug-likeness (QED) is 0.531. The Morgan fingerprint density at radius 3 is 2.35 bits per heavy atom. The molecule has 0 unspecified atom stereocenters.